The van der Waals surface area contributed by atoms with Crippen LogP contribution in [-0.2, 0) is 6.54 Å². The molecule has 1 aliphatic rings. The molecule has 1 fully saturated rings. The first-order valence-electron chi connectivity index (χ1n) is 15.6. The number of pyridine rings is 1. The molecule has 224 valence electrons. The van der Waals surface area contributed by atoms with E-state index in [2.05, 4.69) is 42.5 Å². The number of rotatable bonds is 14. The lowest BCUT2D eigenvalue weighted by Gasteiger charge is -2.26. The van der Waals surface area contributed by atoms with Gasteiger partial charge in [-0.25, -0.2) is 9.97 Å². The van der Waals surface area contributed by atoms with Gasteiger partial charge in [0.1, 0.15) is 11.2 Å². The maximum Gasteiger partial charge on any atom is 0.272 e. The molecule has 3 heterocycles. The van der Waals surface area contributed by atoms with E-state index in [9.17, 15) is 9.90 Å². The number of aliphatic hydroxyl groups is 1. The third-order valence-electron chi connectivity index (χ3n) is 8.01. The third-order valence-corrected chi connectivity index (χ3v) is 8.01. The zero-order valence-electron chi connectivity index (χ0n) is 25.8. The van der Waals surface area contributed by atoms with Gasteiger partial charge in [0.15, 0.2) is 5.65 Å². The number of anilines is 2. The predicted octanol–water partition coefficient (Wildman–Crippen LogP) is 6.64. The molecule has 0 saturated carbocycles. The van der Waals surface area contributed by atoms with Crippen LogP contribution in [0.2, 0.25) is 0 Å². The molecular weight excluding hydrogens is 512 g/mol. The highest BCUT2D eigenvalue weighted by molar-refractivity contribution is 5.94. The van der Waals surface area contributed by atoms with Crippen LogP contribution in [0.1, 0.15) is 95.3 Å². The Morgan fingerprint density at radius 3 is 2.17 bits per heavy atom. The number of carbonyl (C=O) groups is 1. The van der Waals surface area contributed by atoms with Crippen LogP contribution < -0.4 is 5.32 Å². The number of aliphatic hydroxyl groups excluding tert-OH is 1. The van der Waals surface area contributed by atoms with Crippen molar-refractivity contribution in [2.45, 2.75) is 85.8 Å². The number of aryl methyl sites for hydroxylation is 1. The van der Waals surface area contributed by atoms with Crippen molar-refractivity contribution in [3.63, 3.8) is 0 Å². The van der Waals surface area contributed by atoms with Crippen LogP contribution in [0.4, 0.5) is 11.6 Å². The Morgan fingerprint density at radius 1 is 0.902 bits per heavy atom. The number of fused-ring (bicyclic) bond motifs is 1. The molecule has 0 spiro atoms. The highest BCUT2D eigenvalue weighted by atomic mass is 16.3. The molecule has 41 heavy (non-hydrogen) atoms. The van der Waals surface area contributed by atoms with Gasteiger partial charge >= 0.3 is 0 Å². The molecule has 1 saturated heterocycles. The standard InChI is InChI=1S/C33H50N6O2/c1-24(2)16-22-38(23-17-25(3)4)32(41)30-15-14-29-31(35-30)39(21-9-20-37-18-7-6-8-19-37)33(36-29)34-28-12-10-27(11-13-28)26(5)40/h10-15,24-26,40H,6-9,16-23H2,1-5H3,(H,34,36). The van der Waals surface area contributed by atoms with E-state index in [4.69, 9.17) is 9.97 Å². The molecule has 4 rings (SSSR count). The van der Waals surface area contributed by atoms with E-state index in [1.54, 1.807) is 6.92 Å². The first kappa shape index (κ1) is 31.0. The molecule has 0 bridgehead atoms. The highest BCUT2D eigenvalue weighted by Crippen LogP contribution is 2.25. The zero-order chi connectivity index (χ0) is 29.4. The Kier molecular flexibility index (Phi) is 11.2. The Balaban J connectivity index is 1.61. The minimum absolute atomic E-state index is 0.00233. The van der Waals surface area contributed by atoms with Crippen LogP contribution in [-0.4, -0.2) is 68.1 Å². The summed E-state index contributed by atoms with van der Waals surface area (Å²) < 4.78 is 2.13. The summed E-state index contributed by atoms with van der Waals surface area (Å²) in [5, 5.41) is 13.4. The van der Waals surface area contributed by atoms with Crippen molar-refractivity contribution in [3.05, 3.63) is 47.7 Å². The summed E-state index contributed by atoms with van der Waals surface area (Å²) in [5.74, 6) is 1.78. The molecule has 1 aromatic carbocycles. The Labute approximate surface area is 246 Å². The van der Waals surface area contributed by atoms with Gasteiger partial charge in [-0.1, -0.05) is 46.2 Å². The number of imidazole rings is 1. The first-order chi connectivity index (χ1) is 19.7. The molecule has 1 unspecified atom stereocenters. The van der Waals surface area contributed by atoms with Crippen molar-refractivity contribution in [1.29, 1.82) is 0 Å². The largest absolute Gasteiger partial charge is 0.389 e. The topological polar surface area (TPSA) is 86.5 Å². The molecule has 8 nitrogen and oxygen atoms in total. The van der Waals surface area contributed by atoms with E-state index < -0.39 is 6.10 Å². The van der Waals surface area contributed by atoms with Crippen molar-refractivity contribution in [2.75, 3.05) is 38.0 Å². The number of hydrogen-bond donors (Lipinski definition) is 2. The van der Waals surface area contributed by atoms with Crippen LogP contribution in [0.5, 0.6) is 0 Å². The van der Waals surface area contributed by atoms with Gasteiger partial charge in [0.25, 0.3) is 5.91 Å². The van der Waals surface area contributed by atoms with Gasteiger partial charge in [-0.15, -0.1) is 0 Å². The summed E-state index contributed by atoms with van der Waals surface area (Å²) >= 11 is 0. The van der Waals surface area contributed by atoms with Gasteiger partial charge in [0.05, 0.1) is 6.10 Å². The number of nitrogens with one attached hydrogen (secondary N) is 1. The monoisotopic (exact) mass is 562 g/mol. The molecule has 1 amide bonds. The highest BCUT2D eigenvalue weighted by Gasteiger charge is 2.21. The van der Waals surface area contributed by atoms with Crippen LogP contribution in [0, 0.1) is 11.8 Å². The Bertz CT molecular complexity index is 1230. The second-order valence-electron chi connectivity index (χ2n) is 12.5. The summed E-state index contributed by atoms with van der Waals surface area (Å²) in [7, 11) is 0. The fourth-order valence-corrected chi connectivity index (χ4v) is 5.34. The molecular formula is C33H50N6O2. The molecule has 2 aromatic heterocycles. The summed E-state index contributed by atoms with van der Waals surface area (Å²) in [6.45, 7) is 16.2. The number of nitrogens with zero attached hydrogens (tertiary/aromatic N) is 5. The lowest BCUT2D eigenvalue weighted by molar-refractivity contribution is 0.0735. The van der Waals surface area contributed by atoms with Crippen molar-refractivity contribution in [3.8, 4) is 0 Å². The van der Waals surface area contributed by atoms with Gasteiger partial charge in [-0.05, 0) is 100 Å². The predicted molar refractivity (Wildman–Crippen MR) is 168 cm³/mol. The molecule has 0 radical (unpaired) electrons. The van der Waals surface area contributed by atoms with E-state index >= 15 is 0 Å². The summed E-state index contributed by atoms with van der Waals surface area (Å²) in [5.41, 5.74) is 3.76. The van der Waals surface area contributed by atoms with Gasteiger partial charge in [0, 0.05) is 25.3 Å². The van der Waals surface area contributed by atoms with E-state index in [-0.39, 0.29) is 5.91 Å². The maximum absolute atomic E-state index is 13.7. The van der Waals surface area contributed by atoms with Crippen LogP contribution in [0.3, 0.4) is 0 Å². The molecule has 8 heteroatoms. The minimum Gasteiger partial charge on any atom is -0.389 e. The van der Waals surface area contributed by atoms with Gasteiger partial charge in [-0.3, -0.25) is 9.36 Å². The number of aromatic nitrogens is 3. The fraction of sp³-hybridized carbons (Fsp3) is 0.606. The average molecular weight is 563 g/mol. The Morgan fingerprint density at radius 2 is 1.56 bits per heavy atom. The number of likely N-dealkylation sites (tertiary alicyclic amines) is 1. The fourth-order valence-electron chi connectivity index (χ4n) is 5.34. The summed E-state index contributed by atoms with van der Waals surface area (Å²) in [4.78, 5) is 28.1. The van der Waals surface area contributed by atoms with Crippen molar-refractivity contribution < 1.29 is 9.90 Å². The van der Waals surface area contributed by atoms with Crippen LogP contribution in [0.25, 0.3) is 11.2 Å². The normalized spacial score (nSPS) is 15.1. The summed E-state index contributed by atoms with van der Waals surface area (Å²) in [6, 6.07) is 11.5. The minimum atomic E-state index is -0.510. The van der Waals surface area contributed by atoms with Crippen molar-refractivity contribution >= 4 is 28.7 Å². The number of hydrogen-bond acceptors (Lipinski definition) is 6. The quantitative estimate of drug-likeness (QED) is 0.229. The lowest BCUT2D eigenvalue weighted by atomic mass is 10.1. The molecule has 0 aliphatic carbocycles. The SMILES string of the molecule is CC(C)CCN(CCC(C)C)C(=O)c1ccc2nc(Nc3ccc(C(C)O)cc3)n(CCCN3CCCCC3)c2n1. The zero-order valence-corrected chi connectivity index (χ0v) is 25.8. The molecule has 1 atom stereocenters. The van der Waals surface area contributed by atoms with Crippen molar-refractivity contribution in [1.82, 2.24) is 24.3 Å². The molecule has 1 aliphatic heterocycles. The number of carbonyl (C=O) groups excluding carboxylic acids is 1. The van der Waals surface area contributed by atoms with Crippen molar-refractivity contribution in [2.24, 2.45) is 11.8 Å². The summed E-state index contributed by atoms with van der Waals surface area (Å²) in [6.07, 6.45) is 6.31. The smallest absolute Gasteiger partial charge is 0.272 e. The number of piperidine rings is 1. The first-order valence-corrected chi connectivity index (χ1v) is 15.6. The van der Waals surface area contributed by atoms with E-state index in [0.29, 0.717) is 17.5 Å². The van der Waals surface area contributed by atoms with Gasteiger partial charge < -0.3 is 20.2 Å². The molecule has 2 N–H and O–H groups in total. The van der Waals surface area contributed by atoms with E-state index in [1.165, 1.54) is 32.4 Å². The van der Waals surface area contributed by atoms with Crippen LogP contribution in [0.15, 0.2) is 36.4 Å². The van der Waals surface area contributed by atoms with E-state index in [0.717, 1.165) is 73.8 Å². The Hall–Kier alpha value is -2.97. The maximum atomic E-state index is 13.7. The van der Waals surface area contributed by atoms with E-state index in [1.807, 2.05) is 41.3 Å². The average Bonchev–Trinajstić information content (AvgIpc) is 3.29. The molecule has 3 aromatic rings. The third kappa shape index (κ3) is 8.76. The second kappa shape index (κ2) is 14.8. The number of amides is 1. The van der Waals surface area contributed by atoms with Crippen LogP contribution >= 0.6 is 0 Å². The second-order valence-corrected chi connectivity index (χ2v) is 12.5. The van der Waals surface area contributed by atoms with Gasteiger partial charge in [0.2, 0.25) is 5.95 Å². The lowest BCUT2D eigenvalue weighted by Crippen LogP contribution is -2.34. The number of benzene rings is 1. The van der Waals surface area contributed by atoms with Gasteiger partial charge in [-0.2, -0.15) is 0 Å².